The summed E-state index contributed by atoms with van der Waals surface area (Å²) in [5.74, 6) is -0.433. The minimum absolute atomic E-state index is 0.0707. The van der Waals surface area contributed by atoms with Gasteiger partial charge in [0.15, 0.2) is 0 Å². The second-order valence-corrected chi connectivity index (χ2v) is 5.01. The van der Waals surface area contributed by atoms with Gasteiger partial charge >= 0.3 is 0 Å². The number of carbonyl (C=O) groups is 1. The second kappa shape index (κ2) is 5.14. The Morgan fingerprint density at radius 1 is 1.59 bits per heavy atom. The topological polar surface area (TPSA) is 46.3 Å². The maximum absolute atomic E-state index is 13.1. The Kier molecular flexibility index (Phi) is 3.79. The molecule has 1 atom stereocenters. The molecule has 2 rings (SSSR count). The number of nitrogens with two attached hydrogens (primary N) is 1. The predicted octanol–water partition coefficient (Wildman–Crippen LogP) is 2.15. The Morgan fingerprint density at radius 3 is 3.00 bits per heavy atom. The molecule has 92 valence electrons. The molecule has 1 saturated heterocycles. The molecule has 0 aliphatic carbocycles. The minimum atomic E-state index is -0.363. The lowest BCUT2D eigenvalue weighted by Gasteiger charge is -2.23. The zero-order valence-corrected chi connectivity index (χ0v) is 10.9. The molecule has 1 aliphatic heterocycles. The van der Waals surface area contributed by atoms with Crippen molar-refractivity contribution < 1.29 is 9.18 Å². The van der Waals surface area contributed by atoms with Crippen molar-refractivity contribution in [2.24, 2.45) is 5.73 Å². The van der Waals surface area contributed by atoms with E-state index in [1.807, 2.05) is 0 Å². The van der Waals surface area contributed by atoms with E-state index in [0.29, 0.717) is 16.6 Å². The molecule has 5 heteroatoms. The molecule has 0 unspecified atom stereocenters. The molecule has 0 radical (unpaired) electrons. The fourth-order valence-corrected chi connectivity index (χ4v) is 2.52. The summed E-state index contributed by atoms with van der Waals surface area (Å²) in [5, 5.41) is 0. The molecule has 1 aromatic rings. The highest BCUT2D eigenvalue weighted by molar-refractivity contribution is 9.10. The first-order chi connectivity index (χ1) is 8.13. The van der Waals surface area contributed by atoms with Gasteiger partial charge in [0.25, 0.3) is 5.91 Å². The van der Waals surface area contributed by atoms with Crippen LogP contribution in [0.15, 0.2) is 22.7 Å². The van der Waals surface area contributed by atoms with Crippen LogP contribution in [0, 0.1) is 5.82 Å². The van der Waals surface area contributed by atoms with Crippen LogP contribution in [0.3, 0.4) is 0 Å². The van der Waals surface area contributed by atoms with E-state index in [1.54, 1.807) is 4.90 Å². The highest BCUT2D eigenvalue weighted by Gasteiger charge is 2.28. The number of likely N-dealkylation sites (tertiary alicyclic amines) is 1. The molecule has 17 heavy (non-hydrogen) atoms. The number of benzene rings is 1. The van der Waals surface area contributed by atoms with Crippen LogP contribution in [-0.4, -0.2) is 29.9 Å². The molecule has 0 saturated carbocycles. The highest BCUT2D eigenvalue weighted by Crippen LogP contribution is 2.22. The van der Waals surface area contributed by atoms with Crippen molar-refractivity contribution in [3.05, 3.63) is 34.1 Å². The summed E-state index contributed by atoms with van der Waals surface area (Å²) in [4.78, 5) is 14.0. The number of hydrogen-bond donors (Lipinski definition) is 1. The predicted molar refractivity (Wildman–Crippen MR) is 67.2 cm³/mol. The van der Waals surface area contributed by atoms with Crippen molar-refractivity contribution in [2.75, 3.05) is 13.1 Å². The summed E-state index contributed by atoms with van der Waals surface area (Å²) >= 11 is 3.08. The van der Waals surface area contributed by atoms with Crippen LogP contribution in [-0.2, 0) is 0 Å². The summed E-state index contributed by atoms with van der Waals surface area (Å²) in [7, 11) is 0. The summed E-state index contributed by atoms with van der Waals surface area (Å²) in [6, 6.07) is 4.44. The number of halogens is 2. The Bertz CT molecular complexity index is 439. The molecular weight excluding hydrogens is 287 g/mol. The van der Waals surface area contributed by atoms with Gasteiger partial charge in [-0.3, -0.25) is 4.79 Å². The lowest BCUT2D eigenvalue weighted by molar-refractivity contribution is 0.0741. The van der Waals surface area contributed by atoms with E-state index in [1.165, 1.54) is 18.2 Å². The molecule has 1 heterocycles. The molecule has 1 aliphatic rings. The minimum Gasteiger partial charge on any atom is -0.334 e. The van der Waals surface area contributed by atoms with Gasteiger partial charge in [-0.25, -0.2) is 4.39 Å². The first-order valence-electron chi connectivity index (χ1n) is 5.59. The fraction of sp³-hybridized carbons (Fsp3) is 0.417. The first kappa shape index (κ1) is 12.5. The third kappa shape index (κ3) is 2.50. The van der Waals surface area contributed by atoms with Gasteiger partial charge < -0.3 is 10.6 Å². The standard InChI is InChI=1S/C12H14BrFN2O/c13-10-6-8(3-4-11(10)14)12(17)16-5-1-2-9(16)7-15/h3-4,6,9H,1-2,5,7,15H2/t9-/m0/s1. The van der Waals surface area contributed by atoms with Crippen LogP contribution in [0.1, 0.15) is 23.2 Å². The average Bonchev–Trinajstić information content (AvgIpc) is 2.80. The van der Waals surface area contributed by atoms with Crippen molar-refractivity contribution in [2.45, 2.75) is 18.9 Å². The van der Waals surface area contributed by atoms with Gasteiger partial charge in [0.2, 0.25) is 0 Å². The Labute approximate surface area is 108 Å². The SMILES string of the molecule is NC[C@@H]1CCCN1C(=O)c1ccc(F)c(Br)c1. The first-order valence-corrected chi connectivity index (χ1v) is 6.39. The van der Waals surface area contributed by atoms with E-state index in [-0.39, 0.29) is 17.8 Å². The van der Waals surface area contributed by atoms with E-state index in [4.69, 9.17) is 5.73 Å². The smallest absolute Gasteiger partial charge is 0.254 e. The largest absolute Gasteiger partial charge is 0.334 e. The van der Waals surface area contributed by atoms with Crippen molar-refractivity contribution in [3.63, 3.8) is 0 Å². The lowest BCUT2D eigenvalue weighted by atomic mass is 10.1. The molecule has 0 bridgehead atoms. The van der Waals surface area contributed by atoms with Gasteiger partial charge in [0.05, 0.1) is 4.47 Å². The average molecular weight is 301 g/mol. The van der Waals surface area contributed by atoms with Crippen molar-refractivity contribution >= 4 is 21.8 Å². The Morgan fingerprint density at radius 2 is 2.35 bits per heavy atom. The fourth-order valence-electron chi connectivity index (χ4n) is 2.14. The van der Waals surface area contributed by atoms with Crippen molar-refractivity contribution in [1.82, 2.24) is 4.90 Å². The molecule has 0 aromatic heterocycles. The van der Waals surface area contributed by atoms with Gasteiger partial charge in [-0.1, -0.05) is 0 Å². The summed E-state index contributed by atoms with van der Waals surface area (Å²) < 4.78 is 13.4. The van der Waals surface area contributed by atoms with Gasteiger partial charge in [-0.05, 0) is 47.0 Å². The Hall–Kier alpha value is -0.940. The normalized spacial score (nSPS) is 19.7. The van der Waals surface area contributed by atoms with E-state index in [2.05, 4.69) is 15.9 Å². The second-order valence-electron chi connectivity index (χ2n) is 4.16. The van der Waals surface area contributed by atoms with E-state index < -0.39 is 0 Å². The van der Waals surface area contributed by atoms with Crippen molar-refractivity contribution in [3.8, 4) is 0 Å². The van der Waals surface area contributed by atoms with Gasteiger partial charge in [-0.2, -0.15) is 0 Å². The van der Waals surface area contributed by atoms with Crippen LogP contribution in [0.4, 0.5) is 4.39 Å². The van der Waals surface area contributed by atoms with E-state index >= 15 is 0 Å². The molecule has 3 nitrogen and oxygen atoms in total. The van der Waals surface area contributed by atoms with Crippen LogP contribution in [0.5, 0.6) is 0 Å². The van der Waals surface area contributed by atoms with E-state index in [9.17, 15) is 9.18 Å². The summed E-state index contributed by atoms with van der Waals surface area (Å²) in [6.45, 7) is 1.21. The van der Waals surface area contributed by atoms with E-state index in [0.717, 1.165) is 19.4 Å². The number of nitrogens with zero attached hydrogens (tertiary/aromatic N) is 1. The Balaban J connectivity index is 2.21. The highest BCUT2D eigenvalue weighted by atomic mass is 79.9. The van der Waals surface area contributed by atoms with Crippen LogP contribution in [0.2, 0.25) is 0 Å². The maximum atomic E-state index is 13.1. The van der Waals surface area contributed by atoms with Crippen LogP contribution in [0.25, 0.3) is 0 Å². The molecular formula is C12H14BrFN2O. The third-order valence-electron chi connectivity index (χ3n) is 3.08. The number of amides is 1. The van der Waals surface area contributed by atoms with Gasteiger partial charge in [-0.15, -0.1) is 0 Å². The van der Waals surface area contributed by atoms with Gasteiger partial charge in [0.1, 0.15) is 5.82 Å². The number of rotatable bonds is 2. The number of carbonyl (C=O) groups excluding carboxylic acids is 1. The van der Waals surface area contributed by atoms with Crippen LogP contribution < -0.4 is 5.73 Å². The zero-order valence-electron chi connectivity index (χ0n) is 9.33. The molecule has 1 amide bonds. The molecule has 2 N–H and O–H groups in total. The monoisotopic (exact) mass is 300 g/mol. The van der Waals surface area contributed by atoms with Crippen molar-refractivity contribution in [1.29, 1.82) is 0 Å². The van der Waals surface area contributed by atoms with Crippen LogP contribution >= 0.6 is 15.9 Å². The number of hydrogen-bond acceptors (Lipinski definition) is 2. The third-order valence-corrected chi connectivity index (χ3v) is 3.68. The van der Waals surface area contributed by atoms with Gasteiger partial charge in [0, 0.05) is 24.7 Å². The lowest BCUT2D eigenvalue weighted by Crippen LogP contribution is -2.39. The molecule has 0 spiro atoms. The molecule has 1 aromatic carbocycles. The summed E-state index contributed by atoms with van der Waals surface area (Å²) in [5.41, 5.74) is 6.13. The maximum Gasteiger partial charge on any atom is 0.254 e. The quantitative estimate of drug-likeness (QED) is 0.910. The zero-order chi connectivity index (χ0) is 12.4. The summed E-state index contributed by atoms with van der Waals surface area (Å²) in [6.07, 6.45) is 1.93. The molecule has 1 fully saturated rings.